The topological polar surface area (TPSA) is 129 Å². The molecule has 164 valence electrons. The van der Waals surface area contributed by atoms with Gasteiger partial charge < -0.3 is 29.2 Å². The number of aliphatic hydroxyl groups excluding tert-OH is 2. The van der Waals surface area contributed by atoms with Crippen LogP contribution in [0.5, 0.6) is 0 Å². The Bertz CT molecular complexity index is 898. The molecule has 3 rings (SSSR count). The molecule has 1 heterocycles. The van der Waals surface area contributed by atoms with Gasteiger partial charge in [-0.15, -0.1) is 0 Å². The molecule has 9 heteroatoms. The van der Waals surface area contributed by atoms with E-state index in [1.807, 2.05) is 0 Å². The number of aliphatic hydroxyl groups is 2. The molecule has 1 saturated heterocycles. The predicted molar refractivity (Wildman–Crippen MR) is 105 cm³/mol. The Balaban J connectivity index is 1.70. The summed E-state index contributed by atoms with van der Waals surface area (Å²) in [5.41, 5.74) is 0.489. The Hall–Kier alpha value is -3.27. The third-order valence-corrected chi connectivity index (χ3v) is 4.58. The summed E-state index contributed by atoms with van der Waals surface area (Å²) in [6.45, 7) is 0.703. The van der Waals surface area contributed by atoms with Gasteiger partial charge in [0.05, 0.1) is 11.1 Å². The van der Waals surface area contributed by atoms with Crippen LogP contribution in [0.15, 0.2) is 60.7 Å². The number of ether oxygens (including phenoxy) is 4. The second-order valence-electron chi connectivity index (χ2n) is 6.83. The SMILES string of the molecule is CC(=O)O[C@H]1[C@H](O)[C@@H](OC(=O)c2ccccc2)[C@@H](O)O[C@@H]1COC(=O)c1ccccc1. The minimum atomic E-state index is -1.74. The van der Waals surface area contributed by atoms with Gasteiger partial charge in [-0.3, -0.25) is 4.79 Å². The van der Waals surface area contributed by atoms with Gasteiger partial charge in [-0.25, -0.2) is 9.59 Å². The molecule has 0 spiro atoms. The van der Waals surface area contributed by atoms with Gasteiger partial charge in [0.1, 0.15) is 18.8 Å². The van der Waals surface area contributed by atoms with Crippen LogP contribution in [0.1, 0.15) is 27.6 Å². The lowest BCUT2D eigenvalue weighted by atomic mass is 9.98. The van der Waals surface area contributed by atoms with Crippen molar-refractivity contribution in [2.45, 2.75) is 37.6 Å². The van der Waals surface area contributed by atoms with E-state index < -0.39 is 55.2 Å². The highest BCUT2D eigenvalue weighted by Crippen LogP contribution is 2.26. The quantitative estimate of drug-likeness (QED) is 0.511. The zero-order chi connectivity index (χ0) is 22.4. The molecule has 0 amide bonds. The van der Waals surface area contributed by atoms with Gasteiger partial charge in [0.2, 0.25) is 0 Å². The van der Waals surface area contributed by atoms with E-state index in [1.54, 1.807) is 48.5 Å². The van der Waals surface area contributed by atoms with Crippen molar-refractivity contribution in [2.24, 2.45) is 0 Å². The Kier molecular flexibility index (Phi) is 7.35. The van der Waals surface area contributed by atoms with Gasteiger partial charge in [0.15, 0.2) is 18.5 Å². The van der Waals surface area contributed by atoms with E-state index in [4.69, 9.17) is 18.9 Å². The number of carbonyl (C=O) groups is 3. The fourth-order valence-corrected chi connectivity index (χ4v) is 3.09. The second-order valence-corrected chi connectivity index (χ2v) is 6.83. The lowest BCUT2D eigenvalue weighted by Crippen LogP contribution is -2.61. The second kappa shape index (κ2) is 10.2. The number of esters is 3. The maximum absolute atomic E-state index is 12.3. The highest BCUT2D eigenvalue weighted by molar-refractivity contribution is 5.89. The summed E-state index contributed by atoms with van der Waals surface area (Å²) in [4.78, 5) is 36.0. The minimum absolute atomic E-state index is 0.199. The summed E-state index contributed by atoms with van der Waals surface area (Å²) in [5.74, 6) is -2.20. The first kappa shape index (κ1) is 22.4. The van der Waals surface area contributed by atoms with E-state index in [0.29, 0.717) is 0 Å². The average Bonchev–Trinajstić information content (AvgIpc) is 2.78. The maximum Gasteiger partial charge on any atom is 0.338 e. The average molecular weight is 430 g/mol. The van der Waals surface area contributed by atoms with Crippen LogP contribution in [0.25, 0.3) is 0 Å². The highest BCUT2D eigenvalue weighted by atomic mass is 16.7. The first-order valence-corrected chi connectivity index (χ1v) is 9.54. The summed E-state index contributed by atoms with van der Waals surface area (Å²) < 4.78 is 20.9. The number of rotatable bonds is 6. The molecule has 0 aromatic heterocycles. The number of hydrogen-bond donors (Lipinski definition) is 2. The lowest BCUT2D eigenvalue weighted by molar-refractivity contribution is -0.288. The number of carbonyl (C=O) groups excluding carboxylic acids is 3. The van der Waals surface area contributed by atoms with Crippen LogP contribution in [0.4, 0.5) is 0 Å². The highest BCUT2D eigenvalue weighted by Gasteiger charge is 2.49. The number of hydrogen-bond acceptors (Lipinski definition) is 9. The van der Waals surface area contributed by atoms with Crippen molar-refractivity contribution in [1.82, 2.24) is 0 Å². The Morgan fingerprint density at radius 3 is 1.94 bits per heavy atom. The normalized spacial score (nSPS) is 25.3. The standard InChI is InChI=1S/C22H22O9/c1-13(23)29-18-16(12-28-20(25)14-8-4-2-5-9-14)30-22(27)19(17(18)24)31-21(26)15-10-6-3-7-11-15/h2-11,16-19,22,24,27H,12H2,1H3/t16-,17+,18-,19-,22+/m1/s1. The van der Waals surface area contributed by atoms with E-state index >= 15 is 0 Å². The molecule has 31 heavy (non-hydrogen) atoms. The third kappa shape index (κ3) is 5.66. The summed E-state index contributed by atoms with van der Waals surface area (Å²) in [6.07, 6.45) is -7.43. The summed E-state index contributed by atoms with van der Waals surface area (Å²) in [7, 11) is 0. The fourth-order valence-electron chi connectivity index (χ4n) is 3.09. The smallest absolute Gasteiger partial charge is 0.338 e. The van der Waals surface area contributed by atoms with Crippen LogP contribution in [0.3, 0.4) is 0 Å². The van der Waals surface area contributed by atoms with Gasteiger partial charge >= 0.3 is 17.9 Å². The summed E-state index contributed by atoms with van der Waals surface area (Å²) >= 11 is 0. The van der Waals surface area contributed by atoms with Crippen molar-refractivity contribution in [3.8, 4) is 0 Å². The molecular formula is C22H22O9. The van der Waals surface area contributed by atoms with E-state index in [2.05, 4.69) is 0 Å². The first-order valence-electron chi connectivity index (χ1n) is 9.54. The van der Waals surface area contributed by atoms with E-state index in [-0.39, 0.29) is 11.1 Å². The van der Waals surface area contributed by atoms with Gasteiger partial charge in [-0.2, -0.15) is 0 Å². The zero-order valence-electron chi connectivity index (χ0n) is 16.6. The molecule has 1 aliphatic rings. The minimum Gasteiger partial charge on any atom is -0.459 e. The van der Waals surface area contributed by atoms with Gasteiger partial charge in [-0.05, 0) is 24.3 Å². The molecule has 0 aliphatic carbocycles. The molecule has 2 aromatic carbocycles. The van der Waals surface area contributed by atoms with E-state index in [1.165, 1.54) is 12.1 Å². The third-order valence-electron chi connectivity index (χ3n) is 4.58. The Labute approximate surface area is 178 Å². The number of benzene rings is 2. The molecule has 9 nitrogen and oxygen atoms in total. The van der Waals surface area contributed by atoms with Crippen molar-refractivity contribution < 1.29 is 43.5 Å². The predicted octanol–water partition coefficient (Wildman–Crippen LogP) is 1.08. The molecule has 0 bridgehead atoms. The molecule has 2 aromatic rings. The summed E-state index contributed by atoms with van der Waals surface area (Å²) in [6, 6.07) is 16.1. The largest absolute Gasteiger partial charge is 0.459 e. The molecule has 0 saturated carbocycles. The summed E-state index contributed by atoms with van der Waals surface area (Å²) in [5, 5.41) is 21.0. The zero-order valence-corrected chi connectivity index (χ0v) is 16.6. The molecule has 1 fully saturated rings. The lowest BCUT2D eigenvalue weighted by Gasteiger charge is -2.41. The fraction of sp³-hybridized carbons (Fsp3) is 0.318. The molecule has 2 N–H and O–H groups in total. The molecule has 1 aliphatic heterocycles. The van der Waals surface area contributed by atoms with Crippen LogP contribution in [0.2, 0.25) is 0 Å². The van der Waals surface area contributed by atoms with Crippen molar-refractivity contribution >= 4 is 17.9 Å². The molecule has 5 atom stereocenters. The van der Waals surface area contributed by atoms with Crippen molar-refractivity contribution in [3.63, 3.8) is 0 Å². The Morgan fingerprint density at radius 1 is 0.839 bits per heavy atom. The van der Waals surface area contributed by atoms with Gasteiger partial charge in [0, 0.05) is 6.92 Å². The van der Waals surface area contributed by atoms with Crippen LogP contribution in [0, 0.1) is 0 Å². The maximum atomic E-state index is 12.3. The van der Waals surface area contributed by atoms with Crippen molar-refractivity contribution in [2.75, 3.05) is 6.61 Å². The van der Waals surface area contributed by atoms with Gasteiger partial charge in [0.25, 0.3) is 0 Å². The van der Waals surface area contributed by atoms with Crippen LogP contribution >= 0.6 is 0 Å². The molecule has 0 unspecified atom stereocenters. The van der Waals surface area contributed by atoms with E-state index in [0.717, 1.165) is 6.92 Å². The van der Waals surface area contributed by atoms with Gasteiger partial charge in [-0.1, -0.05) is 36.4 Å². The van der Waals surface area contributed by atoms with Crippen LogP contribution < -0.4 is 0 Å². The molecule has 0 radical (unpaired) electrons. The van der Waals surface area contributed by atoms with Crippen LogP contribution in [-0.4, -0.2) is 65.4 Å². The Morgan fingerprint density at radius 2 is 1.39 bits per heavy atom. The van der Waals surface area contributed by atoms with Crippen LogP contribution in [-0.2, 0) is 23.7 Å². The first-order chi connectivity index (χ1) is 14.9. The molecular weight excluding hydrogens is 408 g/mol. The monoisotopic (exact) mass is 430 g/mol. The van der Waals surface area contributed by atoms with Crippen molar-refractivity contribution in [1.29, 1.82) is 0 Å². The van der Waals surface area contributed by atoms with E-state index in [9.17, 15) is 24.6 Å². The van der Waals surface area contributed by atoms with Crippen molar-refractivity contribution in [3.05, 3.63) is 71.8 Å².